The number of rotatable bonds is 4. The molecular weight excluding hydrogens is 164 g/mol. The van der Waals surface area contributed by atoms with Crippen LogP contribution < -0.4 is 11.1 Å². The summed E-state index contributed by atoms with van der Waals surface area (Å²) in [6, 6.07) is 0.734. The highest BCUT2D eigenvalue weighted by Gasteiger charge is 2.24. The van der Waals surface area contributed by atoms with Crippen LogP contribution in [0.5, 0.6) is 0 Å². The van der Waals surface area contributed by atoms with Gasteiger partial charge in [-0.1, -0.05) is 12.8 Å². The first-order chi connectivity index (χ1) is 6.27. The second kappa shape index (κ2) is 5.58. The molecular formula is C10H22N2O. The summed E-state index contributed by atoms with van der Waals surface area (Å²) >= 11 is 0. The van der Waals surface area contributed by atoms with E-state index in [0.29, 0.717) is 12.0 Å². The molecule has 0 aromatic carbocycles. The van der Waals surface area contributed by atoms with E-state index in [2.05, 4.69) is 5.32 Å². The lowest BCUT2D eigenvalue weighted by molar-refractivity contribution is 0.199. The Morgan fingerprint density at radius 3 is 2.77 bits per heavy atom. The van der Waals surface area contributed by atoms with Gasteiger partial charge < -0.3 is 16.2 Å². The van der Waals surface area contributed by atoms with E-state index in [4.69, 9.17) is 10.8 Å². The molecule has 3 nitrogen and oxygen atoms in total. The van der Waals surface area contributed by atoms with Crippen molar-refractivity contribution in [2.24, 2.45) is 11.7 Å². The maximum atomic E-state index is 8.93. The molecule has 3 heteroatoms. The average Bonchev–Trinajstić information content (AvgIpc) is 2.18. The van der Waals surface area contributed by atoms with Crippen molar-refractivity contribution in [2.75, 3.05) is 13.2 Å². The molecule has 1 aliphatic rings. The van der Waals surface area contributed by atoms with Gasteiger partial charge in [0.2, 0.25) is 0 Å². The van der Waals surface area contributed by atoms with Gasteiger partial charge in [0.25, 0.3) is 0 Å². The van der Waals surface area contributed by atoms with E-state index < -0.39 is 0 Å². The van der Waals surface area contributed by atoms with Crippen molar-refractivity contribution >= 4 is 0 Å². The smallest absolute Gasteiger partial charge is 0.0582 e. The van der Waals surface area contributed by atoms with Crippen LogP contribution in [0.3, 0.4) is 0 Å². The second-order valence-corrected chi connectivity index (χ2v) is 4.14. The Morgan fingerprint density at radius 2 is 2.15 bits per heavy atom. The molecule has 0 aromatic rings. The van der Waals surface area contributed by atoms with E-state index >= 15 is 0 Å². The Hall–Kier alpha value is -0.120. The van der Waals surface area contributed by atoms with E-state index in [9.17, 15) is 0 Å². The summed E-state index contributed by atoms with van der Waals surface area (Å²) in [6.07, 6.45) is 5.07. The maximum absolute atomic E-state index is 8.93. The first kappa shape index (κ1) is 11.0. The lowest BCUT2D eigenvalue weighted by Crippen LogP contribution is -2.46. The molecule has 4 N–H and O–H groups in total. The molecule has 0 radical (unpaired) electrons. The lowest BCUT2D eigenvalue weighted by atomic mass is 9.84. The van der Waals surface area contributed by atoms with Crippen LogP contribution in [-0.2, 0) is 0 Å². The molecule has 1 aliphatic carbocycles. The zero-order chi connectivity index (χ0) is 9.68. The van der Waals surface area contributed by atoms with Gasteiger partial charge in [-0.2, -0.15) is 0 Å². The molecule has 78 valence electrons. The first-order valence-electron chi connectivity index (χ1n) is 5.35. The highest BCUT2D eigenvalue weighted by molar-refractivity contribution is 4.83. The fourth-order valence-corrected chi connectivity index (χ4v) is 2.13. The molecule has 0 bridgehead atoms. The predicted molar refractivity (Wildman–Crippen MR) is 54.5 cm³/mol. The fourth-order valence-electron chi connectivity index (χ4n) is 2.13. The minimum Gasteiger partial charge on any atom is -0.395 e. The predicted octanol–water partition coefficient (Wildman–Crippen LogP) is 0.474. The molecule has 2 unspecified atom stereocenters. The van der Waals surface area contributed by atoms with Gasteiger partial charge in [-0.05, 0) is 32.2 Å². The number of nitrogens with two attached hydrogens (primary N) is 1. The van der Waals surface area contributed by atoms with Crippen LogP contribution in [0.4, 0.5) is 0 Å². The van der Waals surface area contributed by atoms with Crippen LogP contribution in [0.2, 0.25) is 0 Å². The van der Waals surface area contributed by atoms with Gasteiger partial charge >= 0.3 is 0 Å². The first-order valence-corrected chi connectivity index (χ1v) is 5.35. The zero-order valence-electron chi connectivity index (χ0n) is 8.50. The molecule has 0 heterocycles. The van der Waals surface area contributed by atoms with Crippen molar-refractivity contribution in [3.05, 3.63) is 0 Å². The van der Waals surface area contributed by atoms with Gasteiger partial charge in [-0.3, -0.25) is 0 Å². The maximum Gasteiger partial charge on any atom is 0.0582 e. The van der Waals surface area contributed by atoms with E-state index in [0.717, 1.165) is 6.54 Å². The summed E-state index contributed by atoms with van der Waals surface area (Å²) < 4.78 is 0. The molecule has 1 fully saturated rings. The zero-order valence-corrected chi connectivity index (χ0v) is 8.50. The Bertz CT molecular complexity index is 141. The second-order valence-electron chi connectivity index (χ2n) is 4.14. The molecule has 0 saturated heterocycles. The highest BCUT2D eigenvalue weighted by atomic mass is 16.3. The number of hydrogen-bond donors (Lipinski definition) is 3. The number of hydrogen-bond acceptors (Lipinski definition) is 3. The number of aliphatic hydroxyl groups is 1. The molecule has 1 saturated carbocycles. The van der Waals surface area contributed by atoms with E-state index in [1.165, 1.54) is 25.7 Å². The van der Waals surface area contributed by atoms with Crippen molar-refractivity contribution in [1.29, 1.82) is 0 Å². The molecule has 0 aliphatic heterocycles. The number of aliphatic hydroxyl groups excluding tert-OH is 1. The topological polar surface area (TPSA) is 58.3 Å². The van der Waals surface area contributed by atoms with Gasteiger partial charge in [0.1, 0.15) is 0 Å². The van der Waals surface area contributed by atoms with Crippen molar-refractivity contribution in [3.8, 4) is 0 Å². The Morgan fingerprint density at radius 1 is 1.46 bits per heavy atom. The Kier molecular flexibility index (Phi) is 4.70. The lowest BCUT2D eigenvalue weighted by Gasteiger charge is -2.33. The normalized spacial score (nSPS) is 31.6. The van der Waals surface area contributed by atoms with E-state index in [1.807, 2.05) is 6.92 Å². The minimum absolute atomic E-state index is 0.206. The largest absolute Gasteiger partial charge is 0.395 e. The molecule has 1 rings (SSSR count). The van der Waals surface area contributed by atoms with Crippen LogP contribution in [0.25, 0.3) is 0 Å². The molecule has 13 heavy (non-hydrogen) atoms. The average molecular weight is 186 g/mol. The standard InChI is InChI=1S/C10H22N2O/c1-8(7-13)12-10-5-3-2-4-9(10)6-11/h8-10,12-13H,2-7,11H2,1H3/t8-,9?,10?/m1/s1. The Balaban J connectivity index is 2.35. The highest BCUT2D eigenvalue weighted by Crippen LogP contribution is 2.23. The van der Waals surface area contributed by atoms with E-state index in [-0.39, 0.29) is 12.6 Å². The Labute approximate surface area is 80.7 Å². The summed E-state index contributed by atoms with van der Waals surface area (Å²) in [5, 5.41) is 12.4. The van der Waals surface area contributed by atoms with Crippen LogP contribution in [-0.4, -0.2) is 30.3 Å². The van der Waals surface area contributed by atoms with Crippen molar-refractivity contribution in [3.63, 3.8) is 0 Å². The van der Waals surface area contributed by atoms with Crippen molar-refractivity contribution < 1.29 is 5.11 Å². The van der Waals surface area contributed by atoms with Crippen LogP contribution in [0, 0.1) is 5.92 Å². The molecule has 0 amide bonds. The summed E-state index contributed by atoms with van der Waals surface area (Å²) in [5.41, 5.74) is 5.71. The van der Waals surface area contributed by atoms with Crippen LogP contribution in [0.15, 0.2) is 0 Å². The van der Waals surface area contributed by atoms with Crippen LogP contribution >= 0.6 is 0 Å². The third-order valence-corrected chi connectivity index (χ3v) is 2.98. The van der Waals surface area contributed by atoms with Gasteiger partial charge in [0.15, 0.2) is 0 Å². The molecule has 0 aromatic heterocycles. The van der Waals surface area contributed by atoms with Gasteiger partial charge in [0.05, 0.1) is 6.61 Å². The summed E-state index contributed by atoms with van der Waals surface area (Å²) in [5.74, 6) is 0.614. The minimum atomic E-state index is 0.206. The fraction of sp³-hybridized carbons (Fsp3) is 1.00. The van der Waals surface area contributed by atoms with Gasteiger partial charge in [0, 0.05) is 12.1 Å². The SMILES string of the molecule is C[C@H](CO)NC1CCCCC1CN. The third-order valence-electron chi connectivity index (χ3n) is 2.98. The number of nitrogens with one attached hydrogen (secondary N) is 1. The summed E-state index contributed by atoms with van der Waals surface area (Å²) in [7, 11) is 0. The van der Waals surface area contributed by atoms with Crippen molar-refractivity contribution in [2.45, 2.75) is 44.7 Å². The van der Waals surface area contributed by atoms with Gasteiger partial charge in [-0.25, -0.2) is 0 Å². The van der Waals surface area contributed by atoms with E-state index in [1.54, 1.807) is 0 Å². The van der Waals surface area contributed by atoms with Gasteiger partial charge in [-0.15, -0.1) is 0 Å². The quantitative estimate of drug-likeness (QED) is 0.598. The monoisotopic (exact) mass is 186 g/mol. The summed E-state index contributed by atoms with van der Waals surface area (Å²) in [4.78, 5) is 0. The van der Waals surface area contributed by atoms with Crippen LogP contribution in [0.1, 0.15) is 32.6 Å². The molecule has 3 atom stereocenters. The summed E-state index contributed by atoms with van der Waals surface area (Å²) in [6.45, 7) is 3.01. The van der Waals surface area contributed by atoms with Crippen molar-refractivity contribution in [1.82, 2.24) is 5.32 Å². The third kappa shape index (κ3) is 3.25. The molecule has 0 spiro atoms.